The van der Waals surface area contributed by atoms with Crippen LogP contribution in [0.5, 0.6) is 0 Å². The van der Waals surface area contributed by atoms with Crippen LogP contribution in [0.25, 0.3) is 11.1 Å². The van der Waals surface area contributed by atoms with Gasteiger partial charge in [-0.2, -0.15) is 0 Å². The van der Waals surface area contributed by atoms with Crippen molar-refractivity contribution in [2.75, 3.05) is 6.61 Å². The minimum absolute atomic E-state index is 0.00696. The van der Waals surface area contributed by atoms with Crippen LogP contribution in [0.15, 0.2) is 72.8 Å². The van der Waals surface area contributed by atoms with Crippen LogP contribution in [0, 0.1) is 5.82 Å². The summed E-state index contributed by atoms with van der Waals surface area (Å²) in [6.07, 6.45) is -2.99. The van der Waals surface area contributed by atoms with E-state index in [9.17, 15) is 24.2 Å². The van der Waals surface area contributed by atoms with Gasteiger partial charge in [0.15, 0.2) is 6.10 Å². The first-order chi connectivity index (χ1) is 15.0. The van der Waals surface area contributed by atoms with Crippen molar-refractivity contribution >= 4 is 12.1 Å². The normalized spacial score (nSPS) is 14.3. The number of hydrogen-bond donors (Lipinski definition) is 3. The van der Waals surface area contributed by atoms with Gasteiger partial charge >= 0.3 is 12.1 Å². The number of alkyl carbamates (subject to hydrolysis) is 1. The Morgan fingerprint density at radius 3 is 2.06 bits per heavy atom. The van der Waals surface area contributed by atoms with E-state index in [4.69, 9.17) is 4.74 Å². The third kappa shape index (κ3) is 4.00. The van der Waals surface area contributed by atoms with Crippen LogP contribution in [0.4, 0.5) is 9.18 Å². The van der Waals surface area contributed by atoms with Gasteiger partial charge in [-0.3, -0.25) is 0 Å². The largest absolute Gasteiger partial charge is 0.479 e. The lowest BCUT2D eigenvalue weighted by Gasteiger charge is -2.23. The van der Waals surface area contributed by atoms with E-state index >= 15 is 0 Å². The molecular weight excluding hydrogens is 401 g/mol. The lowest BCUT2D eigenvalue weighted by atomic mass is 9.98. The zero-order chi connectivity index (χ0) is 22.0. The number of aliphatic hydroxyl groups is 1. The average molecular weight is 421 g/mol. The summed E-state index contributed by atoms with van der Waals surface area (Å²) < 4.78 is 19.6. The molecule has 0 radical (unpaired) electrons. The Bertz CT molecular complexity index is 1090. The fourth-order valence-electron chi connectivity index (χ4n) is 3.96. The quantitative estimate of drug-likeness (QED) is 0.562. The predicted molar refractivity (Wildman–Crippen MR) is 111 cm³/mol. The van der Waals surface area contributed by atoms with Crippen molar-refractivity contribution in [3.63, 3.8) is 0 Å². The van der Waals surface area contributed by atoms with E-state index in [0.29, 0.717) is 0 Å². The van der Waals surface area contributed by atoms with E-state index in [-0.39, 0.29) is 18.1 Å². The second kappa shape index (κ2) is 8.57. The molecule has 0 saturated carbocycles. The van der Waals surface area contributed by atoms with Crippen LogP contribution in [0.2, 0.25) is 0 Å². The number of hydrogen-bond acceptors (Lipinski definition) is 4. The van der Waals surface area contributed by atoms with Crippen LogP contribution < -0.4 is 5.32 Å². The number of carbonyl (C=O) groups is 2. The van der Waals surface area contributed by atoms with Gasteiger partial charge in [0.05, 0.1) is 6.04 Å². The van der Waals surface area contributed by atoms with Gasteiger partial charge in [0.2, 0.25) is 0 Å². The maximum atomic E-state index is 14.2. The second-order valence-electron chi connectivity index (χ2n) is 7.25. The van der Waals surface area contributed by atoms with Gasteiger partial charge in [-0.25, -0.2) is 14.0 Å². The zero-order valence-corrected chi connectivity index (χ0v) is 16.4. The first kappa shape index (κ1) is 20.6. The van der Waals surface area contributed by atoms with Gasteiger partial charge < -0.3 is 20.3 Å². The van der Waals surface area contributed by atoms with E-state index in [1.54, 1.807) is 0 Å². The average Bonchev–Trinajstić information content (AvgIpc) is 3.10. The van der Waals surface area contributed by atoms with Gasteiger partial charge in [-0.05, 0) is 28.3 Å². The molecule has 7 heteroatoms. The summed E-state index contributed by atoms with van der Waals surface area (Å²) in [6, 6.07) is 19.5. The minimum atomic E-state index is -2.04. The Labute approximate surface area is 177 Å². The summed E-state index contributed by atoms with van der Waals surface area (Å²) in [7, 11) is 0. The molecule has 0 unspecified atom stereocenters. The van der Waals surface area contributed by atoms with Crippen molar-refractivity contribution in [2.24, 2.45) is 0 Å². The summed E-state index contributed by atoms with van der Waals surface area (Å²) in [5.74, 6) is -2.52. The van der Waals surface area contributed by atoms with Crippen molar-refractivity contribution in [3.8, 4) is 11.1 Å². The minimum Gasteiger partial charge on any atom is -0.479 e. The Morgan fingerprint density at radius 1 is 0.935 bits per heavy atom. The van der Waals surface area contributed by atoms with Crippen molar-refractivity contribution in [3.05, 3.63) is 95.3 Å². The number of carbonyl (C=O) groups excluding carboxylic acids is 1. The number of ether oxygens (including phenoxy) is 1. The molecule has 0 aliphatic heterocycles. The lowest BCUT2D eigenvalue weighted by Crippen LogP contribution is -2.41. The monoisotopic (exact) mass is 421 g/mol. The summed E-state index contributed by atoms with van der Waals surface area (Å²) in [5.41, 5.74) is 4.03. The lowest BCUT2D eigenvalue weighted by molar-refractivity contribution is -0.148. The Morgan fingerprint density at radius 2 is 1.48 bits per heavy atom. The molecule has 1 amide bonds. The van der Waals surface area contributed by atoms with E-state index in [2.05, 4.69) is 5.32 Å². The third-order valence-corrected chi connectivity index (χ3v) is 5.43. The van der Waals surface area contributed by atoms with Gasteiger partial charge in [0.25, 0.3) is 0 Å². The highest BCUT2D eigenvalue weighted by Crippen LogP contribution is 2.44. The number of aliphatic hydroxyl groups excluding tert-OH is 1. The van der Waals surface area contributed by atoms with Crippen LogP contribution in [0.1, 0.15) is 28.7 Å². The summed E-state index contributed by atoms with van der Waals surface area (Å²) in [5, 5.41) is 21.5. The number of rotatable bonds is 6. The molecule has 0 bridgehead atoms. The number of fused-ring (bicyclic) bond motifs is 3. The molecule has 158 valence electrons. The number of carboxylic acids is 1. The Balaban J connectivity index is 1.52. The Kier molecular flexibility index (Phi) is 5.68. The molecule has 0 aromatic heterocycles. The van der Waals surface area contributed by atoms with Gasteiger partial charge in [0.1, 0.15) is 12.4 Å². The van der Waals surface area contributed by atoms with E-state index in [1.165, 1.54) is 18.2 Å². The van der Waals surface area contributed by atoms with Gasteiger partial charge in [0, 0.05) is 11.5 Å². The number of amides is 1. The molecule has 3 aromatic carbocycles. The number of nitrogens with one attached hydrogen (secondary N) is 1. The van der Waals surface area contributed by atoms with Crippen molar-refractivity contribution < 1.29 is 28.9 Å². The molecule has 3 N–H and O–H groups in total. The van der Waals surface area contributed by atoms with E-state index in [1.807, 2.05) is 48.5 Å². The molecule has 31 heavy (non-hydrogen) atoms. The molecular formula is C24H20FNO5. The molecule has 6 nitrogen and oxygen atoms in total. The molecule has 0 spiro atoms. The topological polar surface area (TPSA) is 95.9 Å². The highest BCUT2D eigenvalue weighted by Gasteiger charge is 2.33. The standard InChI is InChI=1S/C24H20FNO5/c25-20-12-6-5-11-18(20)21(22(27)23(28)29)26-24(30)31-13-19-16-9-3-1-7-14(16)15-8-2-4-10-17(15)19/h1-12,19,21-22,27H,13H2,(H,26,30)(H,28,29)/t21-,22-/m1/s1. The maximum Gasteiger partial charge on any atom is 0.407 e. The smallest absolute Gasteiger partial charge is 0.407 e. The van der Waals surface area contributed by atoms with Crippen molar-refractivity contribution in [1.82, 2.24) is 5.32 Å². The molecule has 0 heterocycles. The number of carboxylic acid groups (broad SMARTS) is 1. The van der Waals surface area contributed by atoms with Crippen LogP contribution in [0.3, 0.4) is 0 Å². The van der Waals surface area contributed by atoms with Gasteiger partial charge in [-0.1, -0.05) is 66.7 Å². The zero-order valence-electron chi connectivity index (χ0n) is 16.4. The molecule has 2 atom stereocenters. The van der Waals surface area contributed by atoms with Crippen molar-refractivity contribution in [1.29, 1.82) is 0 Å². The maximum absolute atomic E-state index is 14.2. The highest BCUT2D eigenvalue weighted by atomic mass is 19.1. The first-order valence-electron chi connectivity index (χ1n) is 9.74. The highest BCUT2D eigenvalue weighted by molar-refractivity contribution is 5.79. The van der Waals surface area contributed by atoms with Crippen molar-refractivity contribution in [2.45, 2.75) is 18.1 Å². The second-order valence-corrected chi connectivity index (χ2v) is 7.25. The summed E-state index contributed by atoms with van der Waals surface area (Å²) >= 11 is 0. The summed E-state index contributed by atoms with van der Waals surface area (Å²) in [4.78, 5) is 23.8. The molecule has 3 aromatic rings. The molecule has 0 fully saturated rings. The van der Waals surface area contributed by atoms with E-state index < -0.39 is 30.0 Å². The fraction of sp³-hybridized carbons (Fsp3) is 0.167. The van der Waals surface area contributed by atoms with Crippen LogP contribution >= 0.6 is 0 Å². The molecule has 0 saturated heterocycles. The number of benzene rings is 3. The predicted octanol–water partition coefficient (Wildman–Crippen LogP) is 3.85. The fourth-order valence-corrected chi connectivity index (χ4v) is 3.96. The van der Waals surface area contributed by atoms with Crippen LogP contribution in [-0.4, -0.2) is 35.0 Å². The Hall–Kier alpha value is -3.71. The first-order valence-corrected chi connectivity index (χ1v) is 9.74. The van der Waals surface area contributed by atoms with Gasteiger partial charge in [-0.15, -0.1) is 0 Å². The molecule has 4 rings (SSSR count). The summed E-state index contributed by atoms with van der Waals surface area (Å²) in [6.45, 7) is 0.00696. The number of aliphatic carboxylic acids is 1. The van der Waals surface area contributed by atoms with Crippen LogP contribution in [-0.2, 0) is 9.53 Å². The molecule has 1 aliphatic carbocycles. The van der Waals surface area contributed by atoms with E-state index in [0.717, 1.165) is 28.3 Å². The number of halogens is 1. The third-order valence-electron chi connectivity index (χ3n) is 5.43. The molecule has 1 aliphatic rings. The SMILES string of the molecule is O=C(N[C@H](c1ccccc1F)[C@@H](O)C(=O)O)OCC1c2ccccc2-c2ccccc21.